The predicted octanol–water partition coefficient (Wildman–Crippen LogP) is -0.148. The third-order valence-corrected chi connectivity index (χ3v) is 0.347. The first-order valence-electron chi connectivity index (χ1n) is 1.32. The average Bonchev–Trinajstić information content (AvgIpc) is 1.76. The summed E-state index contributed by atoms with van der Waals surface area (Å²) in [4.78, 5) is 3.56. The zero-order chi connectivity index (χ0) is 3.54. The summed E-state index contributed by atoms with van der Waals surface area (Å²) < 4.78 is 4.47. The molecule has 0 aromatic carbocycles. The Morgan fingerprint density at radius 2 is 2.60 bits per heavy atom. The van der Waals surface area contributed by atoms with E-state index in [0.717, 1.165) is 0 Å². The van der Waals surface area contributed by atoms with Crippen LogP contribution in [0.25, 0.3) is 0 Å². The molecule has 5 heavy (non-hydrogen) atoms. The topological polar surface area (TPSA) is 23.3 Å². The highest BCUT2D eigenvalue weighted by Crippen LogP contribution is 1.71. The van der Waals surface area contributed by atoms with E-state index in [1.54, 1.807) is 6.20 Å². The molecule has 0 atom stereocenters. The molecule has 1 heterocycles. The number of hydrogen-bond donors (Lipinski definition) is 0. The minimum atomic E-state index is 1.38. The van der Waals surface area contributed by atoms with Crippen molar-refractivity contribution in [3.8, 4) is 0 Å². The van der Waals surface area contributed by atoms with Crippen molar-refractivity contribution in [2.24, 2.45) is 0 Å². The van der Waals surface area contributed by atoms with Crippen LogP contribution in [0.4, 0.5) is 0 Å². The molecule has 0 N–H and O–H groups in total. The van der Waals surface area contributed by atoms with Gasteiger partial charge in [0.2, 0.25) is 0 Å². The molecule has 1 rings (SSSR count). The van der Waals surface area contributed by atoms with Crippen LogP contribution in [0.3, 0.4) is 0 Å². The number of ether oxygens (including phenoxy) is 1. The van der Waals surface area contributed by atoms with Crippen LogP contribution in [0.1, 0.15) is 0 Å². The average molecular weight is 69.1 g/mol. The maximum absolute atomic E-state index is 4.47. The summed E-state index contributed by atoms with van der Waals surface area (Å²) in [5.74, 6) is 0. The molecule has 2 heteroatoms. The maximum Gasteiger partial charge on any atom is 0.402 e. The summed E-state index contributed by atoms with van der Waals surface area (Å²) in [6.07, 6.45) is 4.47. The van der Waals surface area contributed by atoms with Crippen LogP contribution in [0.2, 0.25) is 0 Å². The molecular formula is C3H3NO+. The van der Waals surface area contributed by atoms with Crippen LogP contribution < -0.4 is 4.99 Å². The maximum atomic E-state index is 4.47. The molecule has 1 aliphatic rings. The molecular weight excluding hydrogens is 66.0 g/mol. The molecule has 0 bridgehead atoms. The second-order valence-electron chi connectivity index (χ2n) is 0.676. The summed E-state index contributed by atoms with van der Waals surface area (Å²) in [5, 5.41) is 0. The van der Waals surface area contributed by atoms with Crippen LogP contribution in [-0.2, 0) is 4.74 Å². The largest absolute Gasteiger partial charge is 0.408 e. The lowest BCUT2D eigenvalue weighted by Crippen LogP contribution is -1.69. The zero-order valence-electron chi connectivity index (χ0n) is 2.59. The summed E-state index contributed by atoms with van der Waals surface area (Å²) in [7, 11) is 0. The van der Waals surface area contributed by atoms with Gasteiger partial charge in [-0.3, -0.25) is 0 Å². The molecule has 0 saturated carbocycles. The van der Waals surface area contributed by atoms with Gasteiger partial charge in [0.1, 0.15) is 0 Å². The van der Waals surface area contributed by atoms with E-state index in [9.17, 15) is 0 Å². The summed E-state index contributed by atoms with van der Waals surface area (Å²) >= 11 is 0. The monoisotopic (exact) mass is 69.0 g/mol. The van der Waals surface area contributed by atoms with E-state index in [1.165, 1.54) is 12.7 Å². The van der Waals surface area contributed by atoms with Gasteiger partial charge in [0.25, 0.3) is 6.20 Å². The van der Waals surface area contributed by atoms with Gasteiger partial charge in [0.05, 0.1) is 4.99 Å². The van der Waals surface area contributed by atoms with Gasteiger partial charge in [0, 0.05) is 0 Å². The van der Waals surface area contributed by atoms with Crippen molar-refractivity contribution in [1.82, 2.24) is 4.99 Å². The molecule has 0 aromatic rings. The Morgan fingerprint density at radius 3 is 2.80 bits per heavy atom. The van der Waals surface area contributed by atoms with Gasteiger partial charge >= 0.3 is 6.40 Å². The lowest BCUT2D eigenvalue weighted by atomic mass is 11.0. The second-order valence-corrected chi connectivity index (χ2v) is 0.676. The fourth-order valence-corrected chi connectivity index (χ4v) is 0.176. The van der Waals surface area contributed by atoms with Gasteiger partial charge in [-0.2, -0.15) is 0 Å². The lowest BCUT2D eigenvalue weighted by molar-refractivity contribution is 0.506. The molecule has 0 fully saturated rings. The lowest BCUT2D eigenvalue weighted by Gasteiger charge is -1.59. The Bertz CT molecular complexity index is 65.0. The van der Waals surface area contributed by atoms with E-state index in [1.807, 2.05) is 0 Å². The van der Waals surface area contributed by atoms with E-state index in [0.29, 0.717) is 0 Å². The molecule has 2 nitrogen and oxygen atoms in total. The molecule has 0 aromatic heterocycles. The number of rotatable bonds is 0. The van der Waals surface area contributed by atoms with Crippen molar-refractivity contribution in [3.63, 3.8) is 0 Å². The Kier molecular flexibility index (Phi) is 0.433. The van der Waals surface area contributed by atoms with Crippen molar-refractivity contribution in [1.29, 1.82) is 0 Å². The third-order valence-electron chi connectivity index (χ3n) is 0.347. The van der Waals surface area contributed by atoms with Gasteiger partial charge < -0.3 is 4.74 Å². The van der Waals surface area contributed by atoms with Crippen LogP contribution >= 0.6 is 0 Å². The van der Waals surface area contributed by atoms with Crippen molar-refractivity contribution >= 4 is 6.40 Å². The first kappa shape index (κ1) is 2.45. The quantitative estimate of drug-likeness (QED) is 0.388. The van der Waals surface area contributed by atoms with Gasteiger partial charge in [-0.1, -0.05) is 0 Å². The Labute approximate surface area is 29.8 Å². The van der Waals surface area contributed by atoms with E-state index in [2.05, 4.69) is 9.73 Å². The van der Waals surface area contributed by atoms with Crippen molar-refractivity contribution in [3.05, 3.63) is 12.5 Å². The normalized spacial score (nSPS) is 16.0. The predicted molar refractivity (Wildman–Crippen MR) is 18.4 cm³/mol. The fourth-order valence-electron chi connectivity index (χ4n) is 0.176. The Hall–Kier alpha value is -0.790. The van der Waals surface area contributed by atoms with E-state index < -0.39 is 0 Å². The van der Waals surface area contributed by atoms with Gasteiger partial charge in [-0.05, 0) is 0 Å². The zero-order valence-corrected chi connectivity index (χ0v) is 2.59. The molecule has 0 unspecified atom stereocenters. The highest BCUT2D eigenvalue weighted by molar-refractivity contribution is 5.48. The molecule has 1 aliphatic heterocycles. The second kappa shape index (κ2) is 0.885. The van der Waals surface area contributed by atoms with Crippen LogP contribution in [0.15, 0.2) is 12.5 Å². The minimum absolute atomic E-state index is 1.38. The van der Waals surface area contributed by atoms with Crippen molar-refractivity contribution < 1.29 is 4.74 Å². The molecule has 0 saturated heterocycles. The molecule has 0 spiro atoms. The SMILES string of the molecule is C1=COC=[N+]1. The summed E-state index contributed by atoms with van der Waals surface area (Å²) in [6.45, 7) is 0. The standard InChI is InChI=1S/C3H3NO/c1-2-5-3-4-1/h1-3H/q+1. The minimum Gasteiger partial charge on any atom is -0.408 e. The molecule has 0 amide bonds. The number of hydrogen-bond acceptors (Lipinski definition) is 2. The van der Waals surface area contributed by atoms with Crippen molar-refractivity contribution in [2.75, 3.05) is 0 Å². The highest BCUT2D eigenvalue weighted by Gasteiger charge is 1.89. The first-order chi connectivity index (χ1) is 2.50. The first-order valence-corrected chi connectivity index (χ1v) is 1.32. The van der Waals surface area contributed by atoms with E-state index in [4.69, 9.17) is 0 Å². The van der Waals surface area contributed by atoms with Crippen molar-refractivity contribution in [2.45, 2.75) is 0 Å². The number of aliphatic imine (C=N–C) groups is 1. The van der Waals surface area contributed by atoms with Gasteiger partial charge in [-0.15, -0.1) is 0 Å². The van der Waals surface area contributed by atoms with E-state index >= 15 is 0 Å². The Morgan fingerprint density at radius 1 is 1.60 bits per heavy atom. The fraction of sp³-hybridized carbons (Fsp3) is 0. The van der Waals surface area contributed by atoms with Crippen LogP contribution in [0.5, 0.6) is 0 Å². The molecule has 25 valence electrons. The number of nitrogens with zero attached hydrogens (tertiary/aromatic N) is 1. The van der Waals surface area contributed by atoms with Crippen LogP contribution in [-0.4, -0.2) is 6.40 Å². The third kappa shape index (κ3) is 0.265. The van der Waals surface area contributed by atoms with Gasteiger partial charge in [-0.25, -0.2) is 0 Å². The Balaban J connectivity index is 2.61. The van der Waals surface area contributed by atoms with Crippen LogP contribution in [0, 0.1) is 0 Å². The summed E-state index contributed by atoms with van der Waals surface area (Å²) in [6, 6.07) is 0. The van der Waals surface area contributed by atoms with Gasteiger partial charge in [0.15, 0.2) is 6.26 Å². The molecule has 0 aliphatic carbocycles. The highest BCUT2D eigenvalue weighted by atomic mass is 16.5. The van der Waals surface area contributed by atoms with E-state index in [-0.39, 0.29) is 0 Å². The summed E-state index contributed by atoms with van der Waals surface area (Å²) in [5.41, 5.74) is 0. The molecule has 1 radical (unpaired) electrons. The smallest absolute Gasteiger partial charge is 0.402 e.